The second-order valence-electron chi connectivity index (χ2n) is 7.17. The molecule has 1 saturated carbocycles. The van der Waals surface area contributed by atoms with E-state index in [1.807, 2.05) is 0 Å². The van der Waals surface area contributed by atoms with Crippen LogP contribution in [0.1, 0.15) is 52.4 Å². The van der Waals surface area contributed by atoms with Crippen LogP contribution in [0.2, 0.25) is 0 Å². The van der Waals surface area contributed by atoms with E-state index in [1.54, 1.807) is 4.90 Å². The number of nitrogens with zero attached hydrogens (tertiary/aromatic N) is 1. The number of amides is 2. The number of carbonyl (C=O) groups excluding carboxylic acids is 2. The highest BCUT2D eigenvalue weighted by Crippen LogP contribution is 2.33. The second kappa shape index (κ2) is 6.77. The average molecular weight is 296 g/mol. The Morgan fingerprint density at radius 3 is 2.62 bits per heavy atom. The molecule has 1 aliphatic heterocycles. The highest BCUT2D eigenvalue weighted by atomic mass is 16.3. The summed E-state index contributed by atoms with van der Waals surface area (Å²) in [4.78, 5) is 26.3. The monoisotopic (exact) mass is 296 g/mol. The van der Waals surface area contributed by atoms with Crippen LogP contribution >= 0.6 is 0 Å². The maximum absolute atomic E-state index is 12.4. The summed E-state index contributed by atoms with van der Waals surface area (Å²) in [5.41, 5.74) is -0.0255. The Bertz CT molecular complexity index is 391. The Hall–Kier alpha value is -1.10. The number of hydrogen-bond acceptors (Lipinski definition) is 3. The third-order valence-electron chi connectivity index (χ3n) is 4.52. The van der Waals surface area contributed by atoms with E-state index in [1.165, 1.54) is 0 Å². The Morgan fingerprint density at radius 1 is 1.29 bits per heavy atom. The maximum Gasteiger partial charge on any atom is 0.242 e. The predicted octanol–water partition coefficient (Wildman–Crippen LogP) is 1.30. The van der Waals surface area contributed by atoms with Gasteiger partial charge in [-0.3, -0.25) is 9.59 Å². The fourth-order valence-corrected chi connectivity index (χ4v) is 2.96. The first-order chi connectivity index (χ1) is 9.94. The summed E-state index contributed by atoms with van der Waals surface area (Å²) in [5.74, 6) is 0.338. The quantitative estimate of drug-likeness (QED) is 0.744. The van der Waals surface area contributed by atoms with Gasteiger partial charge in [-0.2, -0.15) is 0 Å². The van der Waals surface area contributed by atoms with E-state index < -0.39 is 0 Å². The number of aliphatic hydroxyl groups is 1. The van der Waals surface area contributed by atoms with Gasteiger partial charge in [0.1, 0.15) is 6.04 Å². The number of rotatable bonds is 7. The molecule has 1 unspecified atom stereocenters. The van der Waals surface area contributed by atoms with E-state index >= 15 is 0 Å². The van der Waals surface area contributed by atoms with Crippen molar-refractivity contribution >= 4 is 11.8 Å². The van der Waals surface area contributed by atoms with Crippen LogP contribution in [0.15, 0.2) is 0 Å². The molecule has 1 atom stereocenters. The molecular formula is C16H28N2O3. The molecule has 2 fully saturated rings. The number of likely N-dealkylation sites (tertiary alicyclic amines) is 1. The van der Waals surface area contributed by atoms with Gasteiger partial charge in [0.25, 0.3) is 0 Å². The molecule has 0 bridgehead atoms. The predicted molar refractivity (Wildman–Crippen MR) is 80.6 cm³/mol. The van der Waals surface area contributed by atoms with Gasteiger partial charge in [0.05, 0.1) is 0 Å². The molecule has 0 radical (unpaired) electrons. The van der Waals surface area contributed by atoms with Gasteiger partial charge in [0.15, 0.2) is 0 Å². The first-order valence-corrected chi connectivity index (χ1v) is 8.14. The van der Waals surface area contributed by atoms with Crippen LogP contribution in [-0.2, 0) is 9.59 Å². The highest BCUT2D eigenvalue weighted by molar-refractivity contribution is 5.90. The first-order valence-electron chi connectivity index (χ1n) is 8.14. The highest BCUT2D eigenvalue weighted by Gasteiger charge is 2.40. The summed E-state index contributed by atoms with van der Waals surface area (Å²) in [6.07, 6.45) is 5.29. The minimum absolute atomic E-state index is 0.0152. The topological polar surface area (TPSA) is 69.6 Å². The van der Waals surface area contributed by atoms with Crippen molar-refractivity contribution in [2.45, 2.75) is 58.4 Å². The van der Waals surface area contributed by atoms with Gasteiger partial charge in [-0.25, -0.2) is 0 Å². The van der Waals surface area contributed by atoms with Gasteiger partial charge in [-0.15, -0.1) is 0 Å². The van der Waals surface area contributed by atoms with Gasteiger partial charge in [0.2, 0.25) is 11.8 Å². The molecule has 5 nitrogen and oxygen atoms in total. The summed E-state index contributed by atoms with van der Waals surface area (Å²) in [5, 5.41) is 11.9. The zero-order chi connectivity index (χ0) is 15.5. The molecule has 0 spiro atoms. The van der Waals surface area contributed by atoms with E-state index in [9.17, 15) is 9.59 Å². The van der Waals surface area contributed by atoms with Crippen molar-refractivity contribution in [1.29, 1.82) is 0 Å². The van der Waals surface area contributed by atoms with Crippen LogP contribution in [0.3, 0.4) is 0 Å². The molecule has 21 heavy (non-hydrogen) atoms. The zero-order valence-electron chi connectivity index (χ0n) is 13.2. The normalized spacial score (nSPS) is 22.4. The van der Waals surface area contributed by atoms with Gasteiger partial charge >= 0.3 is 0 Å². The lowest BCUT2D eigenvalue weighted by atomic mass is 9.88. The molecule has 0 aromatic carbocycles. The minimum Gasteiger partial charge on any atom is -0.396 e. The molecule has 2 amide bonds. The summed E-state index contributed by atoms with van der Waals surface area (Å²) in [6.45, 7) is 5.67. The fourth-order valence-electron chi connectivity index (χ4n) is 2.96. The SMILES string of the molecule is CC(C)(CCCO)CNC(=O)C1CCCN1C(=O)C1CC1. The molecule has 2 N–H and O–H groups in total. The standard InChI is InChI=1S/C16H28N2O3/c1-16(2,8-4-10-19)11-17-14(20)13-5-3-9-18(13)15(21)12-6-7-12/h12-13,19H,3-11H2,1-2H3,(H,17,20). The zero-order valence-corrected chi connectivity index (χ0v) is 13.2. The molecule has 0 aromatic rings. The van der Waals surface area contributed by atoms with Crippen LogP contribution < -0.4 is 5.32 Å². The maximum atomic E-state index is 12.4. The smallest absolute Gasteiger partial charge is 0.242 e. The second-order valence-corrected chi connectivity index (χ2v) is 7.17. The summed E-state index contributed by atoms with van der Waals surface area (Å²) >= 11 is 0. The minimum atomic E-state index is -0.272. The fraction of sp³-hybridized carbons (Fsp3) is 0.875. The number of hydrogen-bond donors (Lipinski definition) is 2. The van der Waals surface area contributed by atoms with E-state index in [4.69, 9.17) is 5.11 Å². The van der Waals surface area contributed by atoms with Gasteiger partial charge < -0.3 is 15.3 Å². The van der Waals surface area contributed by atoms with Crippen molar-refractivity contribution in [2.75, 3.05) is 19.7 Å². The number of aliphatic hydroxyl groups excluding tert-OH is 1. The Kier molecular flexibility index (Phi) is 5.25. The van der Waals surface area contributed by atoms with E-state index in [0.29, 0.717) is 6.54 Å². The first kappa shape index (κ1) is 16.3. The Balaban J connectivity index is 1.83. The summed E-state index contributed by atoms with van der Waals surface area (Å²) in [7, 11) is 0. The van der Waals surface area contributed by atoms with Crippen LogP contribution in [-0.4, -0.2) is 47.6 Å². The van der Waals surface area contributed by atoms with E-state index in [-0.39, 0.29) is 35.8 Å². The van der Waals surface area contributed by atoms with E-state index in [0.717, 1.165) is 45.1 Å². The average Bonchev–Trinajstić information content (AvgIpc) is 3.19. The summed E-state index contributed by atoms with van der Waals surface area (Å²) in [6, 6.07) is -0.272. The van der Waals surface area contributed by atoms with Crippen molar-refractivity contribution in [3.8, 4) is 0 Å². The van der Waals surface area contributed by atoms with Gasteiger partial charge in [0, 0.05) is 25.6 Å². The van der Waals surface area contributed by atoms with Crippen LogP contribution in [0.5, 0.6) is 0 Å². The Labute approximate surface area is 127 Å². The van der Waals surface area contributed by atoms with Gasteiger partial charge in [-0.05, 0) is 43.9 Å². The Morgan fingerprint density at radius 2 is 2.00 bits per heavy atom. The third kappa shape index (κ3) is 4.43. The molecule has 1 saturated heterocycles. The molecule has 2 rings (SSSR count). The van der Waals surface area contributed by atoms with Gasteiger partial charge in [-0.1, -0.05) is 13.8 Å². The number of nitrogens with one attached hydrogen (secondary N) is 1. The molecule has 0 aromatic heterocycles. The molecule has 5 heteroatoms. The third-order valence-corrected chi connectivity index (χ3v) is 4.52. The largest absolute Gasteiger partial charge is 0.396 e. The summed E-state index contributed by atoms with van der Waals surface area (Å²) < 4.78 is 0. The van der Waals surface area contributed by atoms with Crippen molar-refractivity contribution in [3.05, 3.63) is 0 Å². The molecular weight excluding hydrogens is 268 g/mol. The van der Waals surface area contributed by atoms with Crippen molar-refractivity contribution in [3.63, 3.8) is 0 Å². The molecule has 1 heterocycles. The van der Waals surface area contributed by atoms with Crippen LogP contribution in [0, 0.1) is 11.3 Å². The lowest BCUT2D eigenvalue weighted by molar-refractivity contribution is -0.139. The van der Waals surface area contributed by atoms with Crippen LogP contribution in [0.4, 0.5) is 0 Å². The molecule has 2 aliphatic rings. The molecule has 120 valence electrons. The van der Waals surface area contributed by atoms with Crippen molar-refractivity contribution in [2.24, 2.45) is 11.3 Å². The van der Waals surface area contributed by atoms with Crippen LogP contribution in [0.25, 0.3) is 0 Å². The van der Waals surface area contributed by atoms with Crippen molar-refractivity contribution in [1.82, 2.24) is 10.2 Å². The molecule has 1 aliphatic carbocycles. The van der Waals surface area contributed by atoms with E-state index in [2.05, 4.69) is 19.2 Å². The lowest BCUT2D eigenvalue weighted by Crippen LogP contribution is -2.48. The lowest BCUT2D eigenvalue weighted by Gasteiger charge is -2.28. The van der Waals surface area contributed by atoms with Crippen molar-refractivity contribution < 1.29 is 14.7 Å². The number of carbonyl (C=O) groups is 2.